The van der Waals surface area contributed by atoms with E-state index in [9.17, 15) is 14.4 Å². The van der Waals surface area contributed by atoms with Gasteiger partial charge in [-0.3, -0.25) is 14.6 Å². The van der Waals surface area contributed by atoms with Crippen molar-refractivity contribution in [2.45, 2.75) is 26.3 Å². The number of pyridine rings is 1. The largest absolute Gasteiger partial charge is 0.465 e. The Morgan fingerprint density at radius 2 is 1.73 bits per heavy atom. The summed E-state index contributed by atoms with van der Waals surface area (Å²) in [5.41, 5.74) is 0.774. The lowest BCUT2D eigenvalue weighted by Crippen LogP contribution is -2.40. The fourth-order valence-corrected chi connectivity index (χ4v) is 2.15. The van der Waals surface area contributed by atoms with E-state index in [-0.39, 0.29) is 11.6 Å². The third-order valence-electron chi connectivity index (χ3n) is 3.28. The number of hydrogen-bond donors (Lipinski definition) is 2. The van der Waals surface area contributed by atoms with Crippen LogP contribution in [0.4, 0.5) is 5.69 Å². The van der Waals surface area contributed by atoms with Crippen molar-refractivity contribution < 1.29 is 19.1 Å². The first-order valence-electron chi connectivity index (χ1n) is 7.98. The van der Waals surface area contributed by atoms with E-state index in [4.69, 9.17) is 0 Å². The quantitative estimate of drug-likeness (QED) is 0.822. The number of carbonyl (C=O) groups excluding carboxylic acids is 3. The van der Waals surface area contributed by atoms with Gasteiger partial charge in [-0.1, -0.05) is 6.07 Å². The highest BCUT2D eigenvalue weighted by Gasteiger charge is 2.17. The first-order chi connectivity index (χ1) is 12.2. The number of nitrogens with one attached hydrogen (secondary N) is 2. The SMILES string of the molecule is COC(=O)c1cccc(NC(=O)c2cc(C(=O)NC(C)(C)C)ccn2)c1. The second-order valence-electron chi connectivity index (χ2n) is 6.66. The molecule has 0 saturated carbocycles. The Balaban J connectivity index is 2.17. The Hall–Kier alpha value is -3.22. The molecule has 0 fully saturated rings. The molecule has 2 aromatic rings. The zero-order valence-electron chi connectivity index (χ0n) is 15.1. The fourth-order valence-electron chi connectivity index (χ4n) is 2.15. The summed E-state index contributed by atoms with van der Waals surface area (Å²) in [6.45, 7) is 5.61. The minimum Gasteiger partial charge on any atom is -0.465 e. The molecule has 0 atom stereocenters. The lowest BCUT2D eigenvalue weighted by Gasteiger charge is -2.20. The van der Waals surface area contributed by atoms with Gasteiger partial charge in [-0.2, -0.15) is 0 Å². The van der Waals surface area contributed by atoms with Gasteiger partial charge >= 0.3 is 5.97 Å². The van der Waals surface area contributed by atoms with E-state index in [1.807, 2.05) is 20.8 Å². The van der Waals surface area contributed by atoms with Crippen molar-refractivity contribution >= 4 is 23.5 Å². The number of rotatable bonds is 4. The van der Waals surface area contributed by atoms with Gasteiger partial charge in [0.1, 0.15) is 5.69 Å². The number of aromatic nitrogens is 1. The number of nitrogens with zero attached hydrogens (tertiary/aromatic N) is 1. The number of esters is 1. The average Bonchev–Trinajstić information content (AvgIpc) is 2.60. The molecule has 0 spiro atoms. The van der Waals surface area contributed by atoms with Crippen LogP contribution in [0.5, 0.6) is 0 Å². The Morgan fingerprint density at radius 1 is 1.00 bits per heavy atom. The predicted molar refractivity (Wildman–Crippen MR) is 97.2 cm³/mol. The van der Waals surface area contributed by atoms with Gasteiger partial charge in [0, 0.05) is 23.0 Å². The first kappa shape index (κ1) is 19.1. The average molecular weight is 355 g/mol. The first-order valence-corrected chi connectivity index (χ1v) is 7.98. The lowest BCUT2D eigenvalue weighted by molar-refractivity contribution is 0.0600. The highest BCUT2D eigenvalue weighted by molar-refractivity contribution is 6.05. The number of carbonyl (C=O) groups is 3. The molecule has 2 rings (SSSR count). The van der Waals surface area contributed by atoms with Gasteiger partial charge in [0.2, 0.25) is 0 Å². The molecule has 0 saturated heterocycles. The van der Waals surface area contributed by atoms with E-state index in [0.717, 1.165) is 0 Å². The Bertz CT molecular complexity index is 841. The normalized spacial score (nSPS) is 10.8. The molecule has 0 unspecified atom stereocenters. The van der Waals surface area contributed by atoms with Crippen molar-refractivity contribution in [1.29, 1.82) is 0 Å². The van der Waals surface area contributed by atoms with Crippen LogP contribution in [0.2, 0.25) is 0 Å². The number of benzene rings is 1. The molecular weight excluding hydrogens is 334 g/mol. The second-order valence-corrected chi connectivity index (χ2v) is 6.66. The maximum atomic E-state index is 12.4. The smallest absolute Gasteiger partial charge is 0.337 e. The zero-order chi connectivity index (χ0) is 19.3. The van der Waals surface area contributed by atoms with Gasteiger partial charge in [-0.25, -0.2) is 4.79 Å². The molecule has 7 heteroatoms. The number of ether oxygens (including phenoxy) is 1. The molecule has 0 bridgehead atoms. The van der Waals surface area contributed by atoms with Gasteiger partial charge in [-0.15, -0.1) is 0 Å². The van der Waals surface area contributed by atoms with Crippen LogP contribution in [0, 0.1) is 0 Å². The van der Waals surface area contributed by atoms with Crippen LogP contribution in [0.15, 0.2) is 42.6 Å². The van der Waals surface area contributed by atoms with Crippen LogP contribution >= 0.6 is 0 Å². The van der Waals surface area contributed by atoms with Gasteiger partial charge < -0.3 is 15.4 Å². The second kappa shape index (κ2) is 7.77. The van der Waals surface area contributed by atoms with Crippen molar-refractivity contribution in [3.05, 3.63) is 59.4 Å². The van der Waals surface area contributed by atoms with E-state index in [0.29, 0.717) is 16.8 Å². The molecule has 1 aromatic heterocycles. The summed E-state index contributed by atoms with van der Waals surface area (Å²) in [6.07, 6.45) is 1.40. The van der Waals surface area contributed by atoms with Crippen molar-refractivity contribution in [2.75, 3.05) is 12.4 Å². The molecule has 0 radical (unpaired) electrons. The van der Waals surface area contributed by atoms with Crippen molar-refractivity contribution in [1.82, 2.24) is 10.3 Å². The maximum Gasteiger partial charge on any atom is 0.337 e. The van der Waals surface area contributed by atoms with E-state index in [1.165, 1.54) is 31.5 Å². The topological polar surface area (TPSA) is 97.4 Å². The van der Waals surface area contributed by atoms with E-state index < -0.39 is 17.4 Å². The number of amides is 2. The maximum absolute atomic E-state index is 12.4. The molecule has 0 aliphatic carbocycles. The molecular formula is C19H21N3O4. The summed E-state index contributed by atoms with van der Waals surface area (Å²) in [5.74, 6) is -1.28. The molecule has 136 valence electrons. The molecule has 0 aliphatic heterocycles. The van der Waals surface area contributed by atoms with Crippen molar-refractivity contribution in [2.24, 2.45) is 0 Å². The van der Waals surface area contributed by atoms with Gasteiger partial charge in [0.25, 0.3) is 11.8 Å². The third-order valence-corrected chi connectivity index (χ3v) is 3.28. The number of hydrogen-bond acceptors (Lipinski definition) is 5. The van der Waals surface area contributed by atoms with Crippen LogP contribution in [0.25, 0.3) is 0 Å². The van der Waals surface area contributed by atoms with Crippen molar-refractivity contribution in [3.8, 4) is 0 Å². The minimum atomic E-state index is -0.500. The van der Waals surface area contributed by atoms with Gasteiger partial charge in [0.15, 0.2) is 0 Å². The van der Waals surface area contributed by atoms with Crippen LogP contribution in [-0.2, 0) is 4.74 Å². The summed E-state index contributed by atoms with van der Waals surface area (Å²) in [7, 11) is 1.28. The monoisotopic (exact) mass is 355 g/mol. The molecule has 0 aliphatic rings. The molecule has 1 aromatic carbocycles. The minimum absolute atomic E-state index is 0.0926. The highest BCUT2D eigenvalue weighted by Crippen LogP contribution is 2.13. The van der Waals surface area contributed by atoms with Gasteiger partial charge in [-0.05, 0) is 51.1 Å². The molecule has 2 amide bonds. The number of anilines is 1. The predicted octanol–water partition coefficient (Wildman–Crippen LogP) is 2.65. The Kier molecular flexibility index (Phi) is 5.71. The molecule has 7 nitrogen and oxygen atoms in total. The van der Waals surface area contributed by atoms with E-state index >= 15 is 0 Å². The van der Waals surface area contributed by atoms with E-state index in [2.05, 4.69) is 20.4 Å². The van der Waals surface area contributed by atoms with Crippen LogP contribution < -0.4 is 10.6 Å². The number of methoxy groups -OCH3 is 1. The van der Waals surface area contributed by atoms with Gasteiger partial charge in [0.05, 0.1) is 12.7 Å². The Labute approximate surface area is 151 Å². The van der Waals surface area contributed by atoms with Crippen LogP contribution in [0.3, 0.4) is 0 Å². The summed E-state index contributed by atoms with van der Waals surface area (Å²) in [4.78, 5) is 40.2. The standard InChI is InChI=1S/C19H21N3O4/c1-19(2,3)22-16(23)12-8-9-20-15(11-12)17(24)21-14-7-5-6-13(10-14)18(25)26-4/h5-11H,1-4H3,(H,21,24)(H,22,23). The van der Waals surface area contributed by atoms with Crippen LogP contribution in [0.1, 0.15) is 52.0 Å². The lowest BCUT2D eigenvalue weighted by atomic mass is 10.1. The molecule has 26 heavy (non-hydrogen) atoms. The highest BCUT2D eigenvalue weighted by atomic mass is 16.5. The zero-order valence-corrected chi connectivity index (χ0v) is 15.1. The summed E-state index contributed by atoms with van der Waals surface area (Å²) < 4.78 is 4.65. The van der Waals surface area contributed by atoms with E-state index in [1.54, 1.807) is 18.2 Å². The Morgan fingerprint density at radius 3 is 2.38 bits per heavy atom. The van der Waals surface area contributed by atoms with Crippen LogP contribution in [-0.4, -0.2) is 35.4 Å². The third kappa shape index (κ3) is 5.14. The summed E-state index contributed by atoms with van der Waals surface area (Å²) >= 11 is 0. The molecule has 1 heterocycles. The summed E-state index contributed by atoms with van der Waals surface area (Å²) in [5, 5.41) is 5.48. The van der Waals surface area contributed by atoms with Crippen molar-refractivity contribution in [3.63, 3.8) is 0 Å². The molecule has 2 N–H and O–H groups in total. The fraction of sp³-hybridized carbons (Fsp3) is 0.263. The summed E-state index contributed by atoms with van der Waals surface area (Å²) in [6, 6.07) is 9.30.